The van der Waals surface area contributed by atoms with Gasteiger partial charge >= 0.3 is 0 Å². The van der Waals surface area contributed by atoms with Gasteiger partial charge in [0.25, 0.3) is 0 Å². The quantitative estimate of drug-likeness (QED) is 0.521. The lowest BCUT2D eigenvalue weighted by Crippen LogP contribution is -2.56. The van der Waals surface area contributed by atoms with Gasteiger partial charge in [-0.25, -0.2) is 9.11 Å². The molecule has 5 atom stereocenters. The van der Waals surface area contributed by atoms with Crippen molar-refractivity contribution in [1.82, 2.24) is 10.0 Å². The highest BCUT2D eigenvalue weighted by molar-refractivity contribution is 7.97. The van der Waals surface area contributed by atoms with Crippen LogP contribution in [-0.2, 0) is 9.59 Å². The number of hydrogen-bond acceptors (Lipinski definition) is 4. The third kappa shape index (κ3) is 3.94. The van der Waals surface area contributed by atoms with Crippen LogP contribution >= 0.6 is 23.5 Å². The molecule has 0 aliphatic heterocycles. The van der Waals surface area contributed by atoms with Crippen LogP contribution in [0.1, 0.15) is 64.2 Å². The number of rotatable bonds is 6. The van der Waals surface area contributed by atoms with Gasteiger partial charge in [-0.2, -0.15) is 0 Å². The van der Waals surface area contributed by atoms with E-state index in [0.717, 1.165) is 76.2 Å². The summed E-state index contributed by atoms with van der Waals surface area (Å²) in [5.74, 6) is 0.674. The van der Waals surface area contributed by atoms with Gasteiger partial charge < -0.3 is 11.1 Å². The maximum Gasteiger partial charge on any atom is 0.241 e. The standard InChI is InChI=1S/C24H31ClFN3O2S/c25-17-4-3-5-19(20(17)26)32-29-24(6-1-2-7-24)22(31)28-18-10-15-8-14-9-16(18)13-23(11-14,12-15)21(27)30/h3-5,14-16,18,29H,1-2,6-13H2,(H2,27,30)(H,28,31). The topological polar surface area (TPSA) is 84.2 Å². The Balaban J connectivity index is 1.31. The number of nitrogens with two attached hydrogens (primary N) is 1. The number of nitrogens with one attached hydrogen (secondary N) is 2. The van der Waals surface area contributed by atoms with Crippen molar-refractivity contribution in [3.8, 4) is 0 Å². The minimum atomic E-state index is -0.718. The van der Waals surface area contributed by atoms with Crippen LogP contribution < -0.4 is 15.8 Å². The highest BCUT2D eigenvalue weighted by Crippen LogP contribution is 2.57. The summed E-state index contributed by atoms with van der Waals surface area (Å²) in [6.45, 7) is 0. The van der Waals surface area contributed by atoms with E-state index >= 15 is 0 Å². The Hall–Kier alpha value is -1.31. The first-order valence-electron chi connectivity index (χ1n) is 11.8. The molecule has 5 nitrogen and oxygen atoms in total. The molecule has 4 N–H and O–H groups in total. The first-order chi connectivity index (χ1) is 15.3. The largest absolute Gasteiger partial charge is 0.369 e. The SMILES string of the molecule is NC(=O)C12CC3CC(CC(NC(=O)C4(NSc5cccc(Cl)c5F)CCCC4)C(C3)C1)C2. The van der Waals surface area contributed by atoms with Crippen LogP contribution in [0.25, 0.3) is 0 Å². The summed E-state index contributed by atoms with van der Waals surface area (Å²) >= 11 is 7.07. The van der Waals surface area contributed by atoms with Gasteiger partial charge in [0.2, 0.25) is 11.8 Å². The van der Waals surface area contributed by atoms with Crippen molar-refractivity contribution in [2.24, 2.45) is 28.9 Å². The molecular weight excluding hydrogens is 449 g/mol. The molecule has 5 fully saturated rings. The predicted molar refractivity (Wildman–Crippen MR) is 123 cm³/mol. The second-order valence-corrected chi connectivity index (χ2v) is 11.8. The van der Waals surface area contributed by atoms with E-state index in [2.05, 4.69) is 10.0 Å². The summed E-state index contributed by atoms with van der Waals surface area (Å²) in [5, 5.41) is 3.46. The summed E-state index contributed by atoms with van der Waals surface area (Å²) in [7, 11) is 0. The number of carbonyl (C=O) groups excluding carboxylic acids is 2. The van der Waals surface area contributed by atoms with Crippen molar-refractivity contribution in [3.63, 3.8) is 0 Å². The van der Waals surface area contributed by atoms with E-state index in [-0.39, 0.29) is 28.3 Å². The first kappa shape index (κ1) is 22.5. The Labute approximate surface area is 197 Å². The number of carbonyl (C=O) groups is 2. The molecule has 5 aliphatic rings. The first-order valence-corrected chi connectivity index (χ1v) is 13.0. The molecule has 1 aromatic carbocycles. The fourth-order valence-electron chi connectivity index (χ4n) is 7.08. The molecule has 6 rings (SSSR count). The molecule has 5 unspecified atom stereocenters. The molecule has 5 saturated carbocycles. The molecule has 0 spiro atoms. The Kier molecular flexibility index (Phi) is 5.96. The van der Waals surface area contributed by atoms with Crippen molar-refractivity contribution >= 4 is 35.4 Å². The van der Waals surface area contributed by atoms with Crippen LogP contribution in [0.4, 0.5) is 4.39 Å². The third-order valence-corrected chi connectivity index (χ3v) is 9.79. The second kappa shape index (κ2) is 8.48. The molecule has 0 aromatic heterocycles. The Morgan fingerprint density at radius 2 is 1.81 bits per heavy atom. The predicted octanol–water partition coefficient (Wildman–Crippen LogP) is 4.58. The Morgan fingerprint density at radius 3 is 2.53 bits per heavy atom. The van der Waals surface area contributed by atoms with E-state index < -0.39 is 11.4 Å². The minimum absolute atomic E-state index is 0.00397. The smallest absolute Gasteiger partial charge is 0.241 e. The van der Waals surface area contributed by atoms with E-state index in [1.54, 1.807) is 12.1 Å². The molecule has 0 saturated heterocycles. The van der Waals surface area contributed by atoms with Crippen molar-refractivity contribution in [2.75, 3.05) is 0 Å². The lowest BCUT2D eigenvalue weighted by atomic mass is 9.58. The Morgan fingerprint density at radius 1 is 1.09 bits per heavy atom. The summed E-state index contributed by atoms with van der Waals surface area (Å²) in [4.78, 5) is 26.4. The zero-order valence-electron chi connectivity index (χ0n) is 18.2. The highest BCUT2D eigenvalue weighted by Gasteiger charge is 2.55. The Bertz CT molecular complexity index is 925. The minimum Gasteiger partial charge on any atom is -0.369 e. The fourth-order valence-corrected chi connectivity index (χ4v) is 8.26. The number of benzene rings is 1. The highest BCUT2D eigenvalue weighted by atomic mass is 35.5. The van der Waals surface area contributed by atoms with E-state index in [1.807, 2.05) is 0 Å². The van der Waals surface area contributed by atoms with Gasteiger partial charge in [0, 0.05) is 11.5 Å². The maximum absolute atomic E-state index is 14.4. The average Bonchev–Trinajstić information content (AvgIpc) is 3.16. The number of amides is 2. The molecule has 0 heterocycles. The number of halogens is 2. The number of primary amides is 1. The number of hydrogen-bond donors (Lipinski definition) is 3. The zero-order valence-corrected chi connectivity index (χ0v) is 19.7. The van der Waals surface area contributed by atoms with Gasteiger partial charge in [-0.05, 0) is 93.2 Å². The van der Waals surface area contributed by atoms with Crippen LogP contribution in [0.3, 0.4) is 0 Å². The molecule has 174 valence electrons. The summed E-state index contributed by atoms with van der Waals surface area (Å²) in [6.07, 6.45) is 9.09. The molecule has 1 aromatic rings. The van der Waals surface area contributed by atoms with Crippen molar-refractivity contribution in [2.45, 2.75) is 80.7 Å². The van der Waals surface area contributed by atoms with Crippen LogP contribution in [0.2, 0.25) is 5.02 Å². The van der Waals surface area contributed by atoms with Crippen molar-refractivity contribution in [3.05, 3.63) is 29.0 Å². The lowest BCUT2D eigenvalue weighted by molar-refractivity contribution is -0.135. The molecule has 32 heavy (non-hydrogen) atoms. The van der Waals surface area contributed by atoms with Gasteiger partial charge in [-0.15, -0.1) is 0 Å². The average molecular weight is 480 g/mol. The normalized spacial score (nSPS) is 34.9. The van der Waals surface area contributed by atoms with Crippen LogP contribution in [0.15, 0.2) is 23.1 Å². The second-order valence-electron chi connectivity index (χ2n) is 10.6. The van der Waals surface area contributed by atoms with Gasteiger partial charge in [0.15, 0.2) is 5.82 Å². The maximum atomic E-state index is 14.4. The van der Waals surface area contributed by atoms with Crippen LogP contribution in [0, 0.1) is 29.0 Å². The number of fused-ring (bicyclic) bond motifs is 1. The molecule has 0 radical (unpaired) electrons. The zero-order chi connectivity index (χ0) is 22.5. The van der Waals surface area contributed by atoms with Crippen LogP contribution in [-0.4, -0.2) is 23.4 Å². The molecule has 5 aliphatic carbocycles. The fraction of sp³-hybridized carbons (Fsp3) is 0.667. The third-order valence-electron chi connectivity index (χ3n) is 8.47. The van der Waals surface area contributed by atoms with E-state index in [1.165, 1.54) is 6.07 Å². The molecule has 4 bridgehead atoms. The van der Waals surface area contributed by atoms with E-state index in [4.69, 9.17) is 17.3 Å². The van der Waals surface area contributed by atoms with Crippen molar-refractivity contribution in [1.29, 1.82) is 0 Å². The lowest BCUT2D eigenvalue weighted by Gasteiger charge is -2.46. The molecule has 2 amide bonds. The summed E-state index contributed by atoms with van der Waals surface area (Å²) in [6, 6.07) is 4.98. The molecule has 8 heteroatoms. The van der Waals surface area contributed by atoms with Crippen molar-refractivity contribution < 1.29 is 14.0 Å². The van der Waals surface area contributed by atoms with E-state index in [9.17, 15) is 14.0 Å². The van der Waals surface area contributed by atoms with Gasteiger partial charge in [0.1, 0.15) is 5.54 Å². The summed E-state index contributed by atoms with van der Waals surface area (Å²) < 4.78 is 17.7. The van der Waals surface area contributed by atoms with E-state index in [0.29, 0.717) is 22.6 Å². The monoisotopic (exact) mass is 479 g/mol. The van der Waals surface area contributed by atoms with Crippen LogP contribution in [0.5, 0.6) is 0 Å². The summed E-state index contributed by atoms with van der Waals surface area (Å²) in [5.41, 5.74) is 4.77. The van der Waals surface area contributed by atoms with Gasteiger partial charge in [-0.3, -0.25) is 9.59 Å². The van der Waals surface area contributed by atoms with Gasteiger partial charge in [0.05, 0.1) is 9.92 Å². The molecular formula is C24H31ClFN3O2S. The van der Waals surface area contributed by atoms with Gasteiger partial charge in [-0.1, -0.05) is 30.5 Å².